The Balaban J connectivity index is 1.37. The third-order valence-electron chi connectivity index (χ3n) is 7.23. The van der Waals surface area contributed by atoms with Crippen molar-refractivity contribution in [2.75, 3.05) is 26.7 Å². The van der Waals surface area contributed by atoms with Gasteiger partial charge < -0.3 is 9.64 Å². The van der Waals surface area contributed by atoms with E-state index in [-0.39, 0.29) is 11.8 Å². The minimum atomic E-state index is -0.708. The molecule has 182 valence electrons. The summed E-state index contributed by atoms with van der Waals surface area (Å²) in [6, 6.07) is 13.3. The molecule has 2 aromatic carbocycles. The lowest BCUT2D eigenvalue weighted by atomic mass is 9.99. The third-order valence-corrected chi connectivity index (χ3v) is 7.23. The van der Waals surface area contributed by atoms with Gasteiger partial charge in [0, 0.05) is 12.7 Å². The lowest BCUT2D eigenvalue weighted by Gasteiger charge is -2.25. The van der Waals surface area contributed by atoms with E-state index in [1.165, 1.54) is 67.8 Å². The van der Waals surface area contributed by atoms with Crippen LogP contribution in [0, 0.1) is 5.92 Å². The average Bonchev–Trinajstić information content (AvgIpc) is 3.36. The van der Waals surface area contributed by atoms with Crippen molar-refractivity contribution in [3.63, 3.8) is 0 Å². The highest BCUT2D eigenvalue weighted by Crippen LogP contribution is 2.36. The van der Waals surface area contributed by atoms with E-state index in [2.05, 4.69) is 30.9 Å². The molecule has 2 aromatic rings. The Labute approximate surface area is 204 Å². The SMILES string of the molecule is CCCN(CCC)CCCCC1Cc2ccc(C(OC)N3C(=O)c4ccccc4C3=O)cc2C1. The summed E-state index contributed by atoms with van der Waals surface area (Å²) in [5, 5.41) is 0. The molecule has 5 heteroatoms. The molecule has 2 atom stereocenters. The molecule has 1 heterocycles. The number of ether oxygens (including phenoxy) is 1. The first-order chi connectivity index (χ1) is 16.6. The van der Waals surface area contributed by atoms with Crippen molar-refractivity contribution in [2.24, 2.45) is 5.92 Å². The van der Waals surface area contributed by atoms with E-state index in [1.54, 1.807) is 31.4 Å². The maximum absolute atomic E-state index is 13.0. The van der Waals surface area contributed by atoms with Gasteiger partial charge in [0.05, 0.1) is 11.1 Å². The van der Waals surface area contributed by atoms with Crippen molar-refractivity contribution in [3.05, 3.63) is 70.3 Å². The first-order valence-electron chi connectivity index (χ1n) is 12.9. The standard InChI is InChI=1S/C29H38N2O3/c1-4-15-30(16-5-2)17-9-8-10-21-18-22-13-14-23(20-24(22)19-21)29(34-3)31-27(32)25-11-6-7-12-26(25)28(31)33/h6-7,11-14,20-21,29H,4-5,8-10,15-19H2,1-3H3. The summed E-state index contributed by atoms with van der Waals surface area (Å²) in [5.74, 6) is 0.105. The molecule has 5 nitrogen and oxygen atoms in total. The van der Waals surface area contributed by atoms with Crippen LogP contribution in [0.15, 0.2) is 42.5 Å². The van der Waals surface area contributed by atoms with Gasteiger partial charge in [0.1, 0.15) is 0 Å². The van der Waals surface area contributed by atoms with Crippen molar-refractivity contribution in [1.82, 2.24) is 9.80 Å². The summed E-state index contributed by atoms with van der Waals surface area (Å²) >= 11 is 0. The number of unbranched alkanes of at least 4 members (excludes halogenated alkanes) is 1. The Morgan fingerprint density at radius 3 is 2.18 bits per heavy atom. The van der Waals surface area contributed by atoms with Crippen LogP contribution in [0.25, 0.3) is 0 Å². The zero-order chi connectivity index (χ0) is 24.1. The summed E-state index contributed by atoms with van der Waals surface area (Å²) in [6.45, 7) is 8.14. The molecule has 0 radical (unpaired) electrons. The number of carbonyl (C=O) groups is 2. The van der Waals surface area contributed by atoms with Crippen LogP contribution in [-0.4, -0.2) is 48.4 Å². The van der Waals surface area contributed by atoms with Crippen LogP contribution in [-0.2, 0) is 17.6 Å². The highest BCUT2D eigenvalue weighted by Gasteiger charge is 2.41. The number of methoxy groups -OCH3 is 1. The molecule has 0 saturated heterocycles. The molecule has 2 amide bonds. The molecule has 4 rings (SSSR count). The van der Waals surface area contributed by atoms with Gasteiger partial charge in [-0.3, -0.25) is 9.59 Å². The van der Waals surface area contributed by atoms with Gasteiger partial charge in [0.15, 0.2) is 6.23 Å². The Kier molecular flexibility index (Phi) is 8.17. The second-order valence-corrected chi connectivity index (χ2v) is 9.75. The van der Waals surface area contributed by atoms with Crippen molar-refractivity contribution >= 4 is 11.8 Å². The monoisotopic (exact) mass is 462 g/mol. The smallest absolute Gasteiger partial charge is 0.263 e. The largest absolute Gasteiger partial charge is 0.357 e. The number of nitrogens with zero attached hydrogens (tertiary/aromatic N) is 2. The van der Waals surface area contributed by atoms with Gasteiger partial charge in [-0.2, -0.15) is 0 Å². The topological polar surface area (TPSA) is 49.9 Å². The number of hydrogen-bond donors (Lipinski definition) is 0. The molecular formula is C29H38N2O3. The van der Waals surface area contributed by atoms with Gasteiger partial charge >= 0.3 is 0 Å². The zero-order valence-corrected chi connectivity index (χ0v) is 20.9. The zero-order valence-electron chi connectivity index (χ0n) is 20.9. The number of benzene rings is 2. The molecule has 2 aliphatic rings. The van der Waals surface area contributed by atoms with Gasteiger partial charge in [-0.1, -0.05) is 50.6 Å². The summed E-state index contributed by atoms with van der Waals surface area (Å²) in [5.41, 5.74) is 4.50. The summed E-state index contributed by atoms with van der Waals surface area (Å²) < 4.78 is 5.70. The third kappa shape index (κ3) is 5.11. The predicted octanol–water partition coefficient (Wildman–Crippen LogP) is 5.63. The van der Waals surface area contributed by atoms with Gasteiger partial charge in [-0.05, 0) is 87.3 Å². The molecule has 34 heavy (non-hydrogen) atoms. The maximum Gasteiger partial charge on any atom is 0.263 e. The fourth-order valence-electron chi connectivity index (χ4n) is 5.63. The van der Waals surface area contributed by atoms with E-state index < -0.39 is 6.23 Å². The average molecular weight is 463 g/mol. The van der Waals surface area contributed by atoms with E-state index in [0.29, 0.717) is 17.0 Å². The van der Waals surface area contributed by atoms with Crippen LogP contribution < -0.4 is 0 Å². The molecule has 0 N–H and O–H groups in total. The Morgan fingerprint density at radius 1 is 0.912 bits per heavy atom. The molecule has 0 fully saturated rings. The van der Waals surface area contributed by atoms with Crippen LogP contribution >= 0.6 is 0 Å². The second kappa shape index (κ2) is 11.3. The van der Waals surface area contributed by atoms with E-state index >= 15 is 0 Å². The van der Waals surface area contributed by atoms with Crippen molar-refractivity contribution in [3.8, 4) is 0 Å². The molecule has 0 saturated carbocycles. The molecule has 0 aromatic heterocycles. The minimum Gasteiger partial charge on any atom is -0.357 e. The highest BCUT2D eigenvalue weighted by molar-refractivity contribution is 6.21. The van der Waals surface area contributed by atoms with Crippen LogP contribution in [0.5, 0.6) is 0 Å². The van der Waals surface area contributed by atoms with Crippen LogP contribution in [0.1, 0.15) is 89.6 Å². The first kappa shape index (κ1) is 24.6. The van der Waals surface area contributed by atoms with Crippen LogP contribution in [0.2, 0.25) is 0 Å². The summed E-state index contributed by atoms with van der Waals surface area (Å²) in [6.07, 6.45) is 7.72. The minimum absolute atomic E-state index is 0.286. The van der Waals surface area contributed by atoms with E-state index in [4.69, 9.17) is 4.74 Å². The first-order valence-corrected chi connectivity index (χ1v) is 12.9. The van der Waals surface area contributed by atoms with Gasteiger partial charge in [-0.15, -0.1) is 0 Å². The Bertz CT molecular complexity index is 977. The Hall–Kier alpha value is -2.50. The molecular weight excluding hydrogens is 424 g/mol. The molecule has 2 unspecified atom stereocenters. The van der Waals surface area contributed by atoms with E-state index in [0.717, 1.165) is 18.4 Å². The molecule has 0 spiro atoms. The highest BCUT2D eigenvalue weighted by atomic mass is 16.5. The summed E-state index contributed by atoms with van der Waals surface area (Å²) in [7, 11) is 1.56. The molecule has 0 bridgehead atoms. The van der Waals surface area contributed by atoms with E-state index in [9.17, 15) is 9.59 Å². The fourth-order valence-corrected chi connectivity index (χ4v) is 5.63. The number of rotatable bonds is 12. The quantitative estimate of drug-likeness (QED) is 0.303. The van der Waals surface area contributed by atoms with Crippen molar-refractivity contribution < 1.29 is 14.3 Å². The molecule has 1 aliphatic carbocycles. The Morgan fingerprint density at radius 2 is 1.56 bits per heavy atom. The van der Waals surface area contributed by atoms with Gasteiger partial charge in [-0.25, -0.2) is 4.90 Å². The lowest BCUT2D eigenvalue weighted by Crippen LogP contribution is -2.35. The van der Waals surface area contributed by atoms with Crippen LogP contribution in [0.3, 0.4) is 0 Å². The van der Waals surface area contributed by atoms with E-state index in [1.807, 2.05) is 6.07 Å². The number of fused-ring (bicyclic) bond motifs is 2. The fraction of sp³-hybridized carbons (Fsp3) is 0.517. The van der Waals surface area contributed by atoms with Crippen molar-refractivity contribution in [2.45, 2.75) is 65.0 Å². The number of amides is 2. The number of carbonyl (C=O) groups excluding carboxylic acids is 2. The lowest BCUT2D eigenvalue weighted by molar-refractivity contribution is -0.0113. The number of hydrogen-bond acceptors (Lipinski definition) is 4. The van der Waals surface area contributed by atoms with Gasteiger partial charge in [0.2, 0.25) is 0 Å². The number of imide groups is 1. The van der Waals surface area contributed by atoms with Crippen molar-refractivity contribution in [1.29, 1.82) is 0 Å². The predicted molar refractivity (Wildman–Crippen MR) is 135 cm³/mol. The maximum atomic E-state index is 13.0. The molecule has 1 aliphatic heterocycles. The van der Waals surface area contributed by atoms with Crippen LogP contribution in [0.4, 0.5) is 0 Å². The summed E-state index contributed by atoms with van der Waals surface area (Å²) in [4.78, 5) is 29.8. The van der Waals surface area contributed by atoms with Gasteiger partial charge in [0.25, 0.3) is 11.8 Å². The normalized spacial score (nSPS) is 18.0. The second-order valence-electron chi connectivity index (χ2n) is 9.75.